The van der Waals surface area contributed by atoms with Gasteiger partial charge in [0.15, 0.2) is 5.78 Å². The summed E-state index contributed by atoms with van der Waals surface area (Å²) in [5.74, 6) is 0.0271. The van der Waals surface area contributed by atoms with Crippen LogP contribution in [-0.4, -0.2) is 20.5 Å². The van der Waals surface area contributed by atoms with E-state index in [-0.39, 0.29) is 12.3 Å². The Labute approximate surface area is 91.6 Å². The standard InChI is InChI=1S/C10H9N3OS/c14-9(8-4-2-1-3-5-8)6-13-7-11-10(15)12-13/h1-5,7H,6H2,(H,12,15). The maximum atomic E-state index is 11.7. The van der Waals surface area contributed by atoms with E-state index in [9.17, 15) is 4.79 Å². The summed E-state index contributed by atoms with van der Waals surface area (Å²) >= 11 is 4.80. The van der Waals surface area contributed by atoms with E-state index in [1.807, 2.05) is 18.2 Å². The first-order chi connectivity index (χ1) is 7.25. The molecule has 76 valence electrons. The average Bonchev–Trinajstić information content (AvgIpc) is 2.65. The Kier molecular flexibility index (Phi) is 2.73. The summed E-state index contributed by atoms with van der Waals surface area (Å²) in [6, 6.07) is 9.12. The van der Waals surface area contributed by atoms with E-state index in [2.05, 4.69) is 10.1 Å². The average molecular weight is 219 g/mol. The Morgan fingerprint density at radius 3 is 2.73 bits per heavy atom. The Morgan fingerprint density at radius 1 is 1.40 bits per heavy atom. The summed E-state index contributed by atoms with van der Waals surface area (Å²) in [5.41, 5.74) is 0.686. The van der Waals surface area contributed by atoms with Gasteiger partial charge in [0.05, 0.1) is 0 Å². The third-order valence-corrected chi connectivity index (χ3v) is 2.16. The third-order valence-electron chi connectivity index (χ3n) is 1.96. The number of hydrogen-bond donors (Lipinski definition) is 1. The first-order valence-corrected chi connectivity index (χ1v) is 4.86. The van der Waals surface area contributed by atoms with Crippen LogP contribution in [-0.2, 0) is 6.54 Å². The fourth-order valence-electron chi connectivity index (χ4n) is 1.25. The molecule has 0 atom stereocenters. The first-order valence-electron chi connectivity index (χ1n) is 4.45. The van der Waals surface area contributed by atoms with Crippen LogP contribution >= 0.6 is 12.2 Å². The van der Waals surface area contributed by atoms with Gasteiger partial charge in [0, 0.05) is 5.56 Å². The lowest BCUT2D eigenvalue weighted by Gasteiger charge is -2.00. The highest BCUT2D eigenvalue weighted by Crippen LogP contribution is 2.01. The lowest BCUT2D eigenvalue weighted by molar-refractivity contribution is 0.0967. The third kappa shape index (κ3) is 2.38. The maximum Gasteiger partial charge on any atom is 0.213 e. The summed E-state index contributed by atoms with van der Waals surface area (Å²) in [4.78, 5) is 15.6. The van der Waals surface area contributed by atoms with Gasteiger partial charge in [-0.15, -0.1) is 0 Å². The van der Waals surface area contributed by atoms with Crippen LogP contribution in [0.15, 0.2) is 36.7 Å². The summed E-state index contributed by atoms with van der Waals surface area (Å²) in [6.07, 6.45) is 1.52. The number of Topliss-reactive ketones (excluding diaryl/α,β-unsaturated/α-hetero) is 1. The van der Waals surface area contributed by atoms with Crippen LogP contribution in [0.25, 0.3) is 0 Å². The van der Waals surface area contributed by atoms with E-state index in [0.717, 1.165) is 0 Å². The van der Waals surface area contributed by atoms with Gasteiger partial charge in [-0.05, 0) is 12.2 Å². The SMILES string of the molecule is O=C(Cn1cnc(=S)[nH]1)c1ccccc1. The lowest BCUT2D eigenvalue weighted by atomic mass is 10.1. The number of aromatic nitrogens is 3. The normalized spacial score (nSPS) is 10.1. The van der Waals surface area contributed by atoms with Gasteiger partial charge in [-0.3, -0.25) is 14.6 Å². The minimum absolute atomic E-state index is 0.0271. The van der Waals surface area contributed by atoms with Gasteiger partial charge >= 0.3 is 0 Å². The molecular formula is C10H9N3OS. The summed E-state index contributed by atoms with van der Waals surface area (Å²) in [6.45, 7) is 0.230. The van der Waals surface area contributed by atoms with Crippen molar-refractivity contribution in [2.24, 2.45) is 0 Å². The maximum absolute atomic E-state index is 11.7. The molecule has 0 saturated heterocycles. The highest BCUT2D eigenvalue weighted by Gasteiger charge is 2.05. The molecular weight excluding hydrogens is 210 g/mol. The van der Waals surface area contributed by atoms with E-state index in [0.29, 0.717) is 10.3 Å². The van der Waals surface area contributed by atoms with E-state index < -0.39 is 0 Å². The topological polar surface area (TPSA) is 50.7 Å². The quantitative estimate of drug-likeness (QED) is 0.633. The molecule has 0 radical (unpaired) electrons. The molecule has 2 rings (SSSR count). The zero-order valence-electron chi connectivity index (χ0n) is 7.88. The molecule has 0 unspecified atom stereocenters. The number of carbonyl (C=O) groups is 1. The number of nitrogens with one attached hydrogen (secondary N) is 1. The number of rotatable bonds is 3. The van der Waals surface area contributed by atoms with Gasteiger partial charge in [0.2, 0.25) is 4.77 Å². The van der Waals surface area contributed by atoms with Crippen LogP contribution in [0.4, 0.5) is 0 Å². The minimum Gasteiger partial charge on any atom is -0.292 e. The largest absolute Gasteiger partial charge is 0.292 e. The monoisotopic (exact) mass is 219 g/mol. The predicted octanol–water partition coefficient (Wildman–Crippen LogP) is 1.82. The first kappa shape index (κ1) is 9.79. The molecule has 15 heavy (non-hydrogen) atoms. The Morgan fingerprint density at radius 2 is 2.13 bits per heavy atom. The van der Waals surface area contributed by atoms with Gasteiger partial charge < -0.3 is 0 Å². The number of aromatic amines is 1. The molecule has 1 aromatic heterocycles. The van der Waals surface area contributed by atoms with E-state index in [1.54, 1.807) is 16.8 Å². The van der Waals surface area contributed by atoms with Crippen molar-refractivity contribution in [3.63, 3.8) is 0 Å². The van der Waals surface area contributed by atoms with Crippen LogP contribution in [0.3, 0.4) is 0 Å². The van der Waals surface area contributed by atoms with Crippen LogP contribution in [0, 0.1) is 4.77 Å². The summed E-state index contributed by atoms with van der Waals surface area (Å²) in [7, 11) is 0. The minimum atomic E-state index is 0.0271. The molecule has 0 aliphatic carbocycles. The predicted molar refractivity (Wildman–Crippen MR) is 58.2 cm³/mol. The van der Waals surface area contributed by atoms with Crippen molar-refractivity contribution in [1.29, 1.82) is 0 Å². The Bertz CT molecular complexity index is 515. The molecule has 0 bridgehead atoms. The van der Waals surface area contributed by atoms with Crippen molar-refractivity contribution >= 4 is 18.0 Å². The van der Waals surface area contributed by atoms with Crippen LogP contribution in [0.5, 0.6) is 0 Å². The van der Waals surface area contributed by atoms with Crippen molar-refractivity contribution in [3.8, 4) is 0 Å². The molecule has 0 fully saturated rings. The van der Waals surface area contributed by atoms with Gasteiger partial charge in [0.25, 0.3) is 0 Å². The second-order valence-electron chi connectivity index (χ2n) is 3.08. The van der Waals surface area contributed by atoms with Gasteiger partial charge in [-0.2, -0.15) is 0 Å². The molecule has 0 spiro atoms. The molecule has 0 amide bonds. The zero-order valence-corrected chi connectivity index (χ0v) is 8.70. The fourth-order valence-corrected chi connectivity index (χ4v) is 1.42. The molecule has 4 nitrogen and oxygen atoms in total. The van der Waals surface area contributed by atoms with Crippen molar-refractivity contribution in [1.82, 2.24) is 14.8 Å². The molecule has 0 aliphatic heterocycles. The molecule has 0 saturated carbocycles. The van der Waals surface area contributed by atoms with Crippen molar-refractivity contribution < 1.29 is 4.79 Å². The molecule has 5 heteroatoms. The second-order valence-corrected chi connectivity index (χ2v) is 3.47. The van der Waals surface area contributed by atoms with Gasteiger partial charge in [0.1, 0.15) is 12.9 Å². The fraction of sp³-hybridized carbons (Fsp3) is 0.100. The van der Waals surface area contributed by atoms with Crippen molar-refractivity contribution in [3.05, 3.63) is 47.0 Å². The lowest BCUT2D eigenvalue weighted by Crippen LogP contribution is -2.10. The van der Waals surface area contributed by atoms with Crippen LogP contribution < -0.4 is 0 Å². The number of ketones is 1. The van der Waals surface area contributed by atoms with Crippen molar-refractivity contribution in [2.45, 2.75) is 6.54 Å². The summed E-state index contributed by atoms with van der Waals surface area (Å²) in [5, 5.41) is 2.78. The molecule has 1 aromatic carbocycles. The highest BCUT2D eigenvalue weighted by atomic mass is 32.1. The zero-order chi connectivity index (χ0) is 10.7. The highest BCUT2D eigenvalue weighted by molar-refractivity contribution is 7.71. The smallest absolute Gasteiger partial charge is 0.213 e. The number of H-pyrrole nitrogens is 1. The Balaban J connectivity index is 2.14. The van der Waals surface area contributed by atoms with E-state index in [4.69, 9.17) is 12.2 Å². The number of hydrogen-bond acceptors (Lipinski definition) is 3. The number of nitrogens with zero attached hydrogens (tertiary/aromatic N) is 2. The van der Waals surface area contributed by atoms with Crippen molar-refractivity contribution in [2.75, 3.05) is 0 Å². The van der Waals surface area contributed by atoms with Gasteiger partial charge in [-0.1, -0.05) is 30.3 Å². The molecule has 1 heterocycles. The second kappa shape index (κ2) is 4.18. The van der Waals surface area contributed by atoms with Crippen LogP contribution in [0.2, 0.25) is 0 Å². The molecule has 1 N–H and O–H groups in total. The Hall–Kier alpha value is -1.75. The van der Waals surface area contributed by atoms with E-state index >= 15 is 0 Å². The number of carbonyl (C=O) groups excluding carboxylic acids is 1. The van der Waals surface area contributed by atoms with Gasteiger partial charge in [-0.25, -0.2) is 4.98 Å². The summed E-state index contributed by atoms with van der Waals surface area (Å²) < 4.78 is 1.95. The van der Waals surface area contributed by atoms with E-state index in [1.165, 1.54) is 6.33 Å². The molecule has 2 aromatic rings. The van der Waals surface area contributed by atoms with Crippen LogP contribution in [0.1, 0.15) is 10.4 Å². The molecule has 0 aliphatic rings. The number of benzene rings is 1.